The third-order valence-corrected chi connectivity index (χ3v) is 3.78. The largest absolute Gasteiger partial charge is 0.397 e. The third kappa shape index (κ3) is 2.91. The number of nitrogens with two attached hydrogens (primary N) is 1. The first-order chi connectivity index (χ1) is 8.22. The second kappa shape index (κ2) is 5.71. The van der Waals surface area contributed by atoms with Gasteiger partial charge in [0.05, 0.1) is 18.0 Å². The van der Waals surface area contributed by atoms with E-state index in [1.165, 1.54) is 0 Å². The van der Waals surface area contributed by atoms with E-state index in [1.807, 2.05) is 12.1 Å². The standard InChI is InChI=1S/C12H17BrN2O2/c13-10-1-2-11(12(14)9(10)7-16)15-8-3-5-17-6-4-8/h1-2,8,15-16H,3-7,14H2. The minimum absolute atomic E-state index is 0.0598. The van der Waals surface area contributed by atoms with Crippen LogP contribution < -0.4 is 11.1 Å². The number of aliphatic hydroxyl groups excluding tert-OH is 1. The average molecular weight is 301 g/mol. The minimum Gasteiger partial charge on any atom is -0.397 e. The third-order valence-electron chi connectivity index (χ3n) is 3.04. The molecule has 1 fully saturated rings. The highest BCUT2D eigenvalue weighted by Gasteiger charge is 2.16. The van der Waals surface area contributed by atoms with Gasteiger partial charge in [-0.2, -0.15) is 0 Å². The molecule has 0 aliphatic carbocycles. The maximum Gasteiger partial charge on any atom is 0.0713 e. The van der Waals surface area contributed by atoms with E-state index < -0.39 is 0 Å². The highest BCUT2D eigenvalue weighted by atomic mass is 79.9. The number of ether oxygens (including phenoxy) is 1. The summed E-state index contributed by atoms with van der Waals surface area (Å²) < 4.78 is 6.16. The summed E-state index contributed by atoms with van der Waals surface area (Å²) in [5.41, 5.74) is 8.28. The van der Waals surface area contributed by atoms with Gasteiger partial charge in [0.15, 0.2) is 0 Å². The highest BCUT2D eigenvalue weighted by Crippen LogP contribution is 2.31. The lowest BCUT2D eigenvalue weighted by Crippen LogP contribution is -2.28. The fraction of sp³-hybridized carbons (Fsp3) is 0.500. The van der Waals surface area contributed by atoms with Gasteiger partial charge in [-0.3, -0.25) is 0 Å². The van der Waals surface area contributed by atoms with E-state index in [2.05, 4.69) is 21.2 Å². The first kappa shape index (κ1) is 12.7. The predicted octanol–water partition coefficient (Wildman–Crippen LogP) is 2.11. The molecule has 0 aromatic heterocycles. The van der Waals surface area contributed by atoms with Gasteiger partial charge >= 0.3 is 0 Å². The zero-order valence-electron chi connectivity index (χ0n) is 9.58. The summed E-state index contributed by atoms with van der Waals surface area (Å²) in [6.45, 7) is 1.53. The van der Waals surface area contributed by atoms with Gasteiger partial charge in [-0.15, -0.1) is 0 Å². The monoisotopic (exact) mass is 300 g/mol. The molecule has 1 aromatic carbocycles. The summed E-state index contributed by atoms with van der Waals surface area (Å²) in [6, 6.07) is 4.25. The maximum absolute atomic E-state index is 9.27. The first-order valence-corrected chi connectivity index (χ1v) is 6.53. The van der Waals surface area contributed by atoms with Crippen LogP contribution in [0.4, 0.5) is 11.4 Å². The molecule has 0 unspecified atom stereocenters. The Balaban J connectivity index is 2.15. The summed E-state index contributed by atoms with van der Waals surface area (Å²) in [7, 11) is 0. The number of benzene rings is 1. The molecule has 1 aromatic rings. The molecular formula is C12H17BrN2O2. The molecule has 1 saturated heterocycles. The van der Waals surface area contributed by atoms with Gasteiger partial charge < -0.3 is 20.9 Å². The van der Waals surface area contributed by atoms with Gasteiger partial charge in [0.1, 0.15) is 0 Å². The molecule has 1 aliphatic heterocycles. The Morgan fingerprint density at radius 1 is 1.41 bits per heavy atom. The van der Waals surface area contributed by atoms with Crippen molar-refractivity contribution in [3.8, 4) is 0 Å². The Morgan fingerprint density at radius 3 is 2.76 bits per heavy atom. The van der Waals surface area contributed by atoms with Crippen LogP contribution in [0.5, 0.6) is 0 Å². The molecule has 2 rings (SSSR count). The topological polar surface area (TPSA) is 67.5 Å². The molecule has 17 heavy (non-hydrogen) atoms. The molecule has 0 atom stereocenters. The van der Waals surface area contributed by atoms with Crippen molar-refractivity contribution < 1.29 is 9.84 Å². The normalized spacial score (nSPS) is 17.1. The summed E-state index contributed by atoms with van der Waals surface area (Å²) in [4.78, 5) is 0. The van der Waals surface area contributed by atoms with Crippen molar-refractivity contribution in [1.29, 1.82) is 0 Å². The van der Waals surface area contributed by atoms with E-state index in [0.29, 0.717) is 11.7 Å². The predicted molar refractivity (Wildman–Crippen MR) is 71.9 cm³/mol. The quantitative estimate of drug-likeness (QED) is 0.748. The van der Waals surface area contributed by atoms with Crippen LogP contribution in [-0.4, -0.2) is 24.4 Å². The van der Waals surface area contributed by atoms with Crippen molar-refractivity contribution in [2.75, 3.05) is 24.3 Å². The van der Waals surface area contributed by atoms with Crippen LogP contribution in [0.15, 0.2) is 16.6 Å². The molecule has 1 heterocycles. The van der Waals surface area contributed by atoms with Crippen LogP contribution in [0.2, 0.25) is 0 Å². The maximum atomic E-state index is 9.27. The molecule has 0 saturated carbocycles. The first-order valence-electron chi connectivity index (χ1n) is 5.74. The van der Waals surface area contributed by atoms with Crippen molar-refractivity contribution >= 4 is 27.3 Å². The Bertz CT molecular complexity index is 392. The summed E-state index contributed by atoms with van der Waals surface area (Å²) in [6.07, 6.45) is 1.98. The Morgan fingerprint density at radius 2 is 2.12 bits per heavy atom. The van der Waals surface area contributed by atoms with Crippen LogP contribution in [0.25, 0.3) is 0 Å². The number of rotatable bonds is 3. The Hall–Kier alpha value is -0.780. The molecule has 5 heteroatoms. The molecule has 0 radical (unpaired) electrons. The van der Waals surface area contributed by atoms with Crippen LogP contribution in [-0.2, 0) is 11.3 Å². The van der Waals surface area contributed by atoms with E-state index in [1.54, 1.807) is 0 Å². The van der Waals surface area contributed by atoms with Crippen LogP contribution in [0.1, 0.15) is 18.4 Å². The molecular weight excluding hydrogens is 284 g/mol. The van der Waals surface area contributed by atoms with Crippen LogP contribution >= 0.6 is 15.9 Å². The number of anilines is 2. The summed E-state index contributed by atoms with van der Waals surface area (Å²) in [5.74, 6) is 0. The highest BCUT2D eigenvalue weighted by molar-refractivity contribution is 9.10. The zero-order valence-corrected chi connectivity index (χ0v) is 11.2. The second-order valence-electron chi connectivity index (χ2n) is 4.18. The fourth-order valence-corrected chi connectivity index (χ4v) is 2.46. The fourth-order valence-electron chi connectivity index (χ4n) is 1.99. The lowest BCUT2D eigenvalue weighted by molar-refractivity contribution is 0.0904. The number of nitrogen functional groups attached to an aromatic ring is 1. The van der Waals surface area contributed by atoms with Gasteiger partial charge in [0, 0.05) is 29.3 Å². The smallest absolute Gasteiger partial charge is 0.0713 e. The number of nitrogens with one attached hydrogen (secondary N) is 1. The average Bonchev–Trinajstić information content (AvgIpc) is 2.35. The number of hydrogen-bond donors (Lipinski definition) is 3. The molecule has 4 N–H and O–H groups in total. The van der Waals surface area contributed by atoms with Crippen molar-refractivity contribution in [3.63, 3.8) is 0 Å². The molecule has 94 valence electrons. The van der Waals surface area contributed by atoms with E-state index in [-0.39, 0.29) is 6.61 Å². The number of hydrogen-bond acceptors (Lipinski definition) is 4. The van der Waals surface area contributed by atoms with Gasteiger partial charge in [0.2, 0.25) is 0 Å². The zero-order chi connectivity index (χ0) is 12.3. The van der Waals surface area contributed by atoms with E-state index in [4.69, 9.17) is 10.5 Å². The van der Waals surface area contributed by atoms with Gasteiger partial charge in [-0.1, -0.05) is 15.9 Å². The molecule has 0 bridgehead atoms. The van der Waals surface area contributed by atoms with E-state index >= 15 is 0 Å². The van der Waals surface area contributed by atoms with Crippen molar-refractivity contribution in [3.05, 3.63) is 22.2 Å². The van der Waals surface area contributed by atoms with E-state index in [9.17, 15) is 5.11 Å². The number of halogens is 1. The van der Waals surface area contributed by atoms with Crippen molar-refractivity contribution in [2.24, 2.45) is 0 Å². The SMILES string of the molecule is Nc1c(NC2CCOCC2)ccc(Br)c1CO. The molecule has 1 aliphatic rings. The molecule has 4 nitrogen and oxygen atoms in total. The lowest BCUT2D eigenvalue weighted by atomic mass is 10.1. The van der Waals surface area contributed by atoms with E-state index in [0.717, 1.165) is 41.8 Å². The minimum atomic E-state index is -0.0598. The van der Waals surface area contributed by atoms with Gasteiger partial charge in [-0.25, -0.2) is 0 Å². The summed E-state index contributed by atoms with van der Waals surface area (Å²) in [5, 5.41) is 12.7. The number of aliphatic hydroxyl groups is 1. The molecule has 0 amide bonds. The van der Waals surface area contributed by atoms with Crippen LogP contribution in [0, 0.1) is 0 Å². The van der Waals surface area contributed by atoms with Gasteiger partial charge in [0.25, 0.3) is 0 Å². The lowest BCUT2D eigenvalue weighted by Gasteiger charge is -2.25. The summed E-state index contributed by atoms with van der Waals surface area (Å²) >= 11 is 3.38. The Kier molecular flexibility index (Phi) is 4.25. The van der Waals surface area contributed by atoms with Crippen molar-refractivity contribution in [1.82, 2.24) is 0 Å². The molecule has 0 spiro atoms. The van der Waals surface area contributed by atoms with Crippen LogP contribution in [0.3, 0.4) is 0 Å². The second-order valence-corrected chi connectivity index (χ2v) is 5.03. The Labute approximate surface area is 109 Å². The van der Waals surface area contributed by atoms with Crippen molar-refractivity contribution in [2.45, 2.75) is 25.5 Å². The van der Waals surface area contributed by atoms with Gasteiger partial charge in [-0.05, 0) is 25.0 Å².